The lowest BCUT2D eigenvalue weighted by Gasteiger charge is -2.25. The SMILES string of the molecule is CC(=O)Nc1nc2c(s1)CN(Cc1ccc(Cl)cc1)CC2. The van der Waals surface area contributed by atoms with Crippen LogP contribution in [-0.4, -0.2) is 22.3 Å². The molecule has 1 aromatic carbocycles. The van der Waals surface area contributed by atoms with E-state index in [0.717, 1.165) is 36.8 Å². The van der Waals surface area contributed by atoms with E-state index in [1.807, 2.05) is 12.1 Å². The largest absolute Gasteiger partial charge is 0.302 e. The average Bonchev–Trinajstić information content (AvgIpc) is 2.82. The topological polar surface area (TPSA) is 45.2 Å². The van der Waals surface area contributed by atoms with Gasteiger partial charge in [-0.1, -0.05) is 23.7 Å². The third kappa shape index (κ3) is 3.61. The fraction of sp³-hybridized carbons (Fsp3) is 0.333. The zero-order valence-electron chi connectivity index (χ0n) is 11.7. The number of fused-ring (bicyclic) bond motifs is 1. The van der Waals surface area contributed by atoms with Crippen LogP contribution in [-0.2, 0) is 24.3 Å². The van der Waals surface area contributed by atoms with Gasteiger partial charge in [0.05, 0.1) is 5.69 Å². The van der Waals surface area contributed by atoms with Gasteiger partial charge in [0.15, 0.2) is 5.13 Å². The summed E-state index contributed by atoms with van der Waals surface area (Å²) in [5.74, 6) is -0.0703. The number of carbonyl (C=O) groups excluding carboxylic acids is 1. The van der Waals surface area contributed by atoms with Crippen LogP contribution in [0, 0.1) is 0 Å². The first-order valence-corrected chi connectivity index (χ1v) is 8.02. The predicted octanol–water partition coefficient (Wildman–Crippen LogP) is 3.31. The minimum atomic E-state index is -0.0703. The van der Waals surface area contributed by atoms with Gasteiger partial charge >= 0.3 is 0 Å². The van der Waals surface area contributed by atoms with Crippen molar-refractivity contribution in [3.63, 3.8) is 0 Å². The van der Waals surface area contributed by atoms with Gasteiger partial charge in [0, 0.05) is 42.9 Å². The van der Waals surface area contributed by atoms with Crippen molar-refractivity contribution in [1.82, 2.24) is 9.88 Å². The molecule has 110 valence electrons. The van der Waals surface area contributed by atoms with E-state index in [1.165, 1.54) is 17.4 Å². The second-order valence-corrected chi connectivity index (χ2v) is 6.68. The number of hydrogen-bond acceptors (Lipinski definition) is 4. The highest BCUT2D eigenvalue weighted by molar-refractivity contribution is 7.15. The predicted molar refractivity (Wildman–Crippen MR) is 85.7 cm³/mol. The summed E-state index contributed by atoms with van der Waals surface area (Å²) in [6.07, 6.45) is 0.930. The van der Waals surface area contributed by atoms with Crippen molar-refractivity contribution in [3.8, 4) is 0 Å². The number of halogens is 1. The molecule has 0 fully saturated rings. The highest BCUT2D eigenvalue weighted by Gasteiger charge is 2.21. The molecule has 1 aliphatic rings. The average molecular weight is 322 g/mol. The van der Waals surface area contributed by atoms with Crippen LogP contribution in [0.1, 0.15) is 23.1 Å². The molecule has 4 nitrogen and oxygen atoms in total. The zero-order chi connectivity index (χ0) is 14.8. The van der Waals surface area contributed by atoms with Crippen LogP contribution >= 0.6 is 22.9 Å². The van der Waals surface area contributed by atoms with Crippen molar-refractivity contribution in [1.29, 1.82) is 0 Å². The molecule has 2 aromatic rings. The van der Waals surface area contributed by atoms with Crippen LogP contribution in [0.2, 0.25) is 5.02 Å². The number of thiazole rings is 1. The van der Waals surface area contributed by atoms with Crippen molar-refractivity contribution in [2.45, 2.75) is 26.4 Å². The normalized spacial score (nSPS) is 14.8. The Bertz CT molecular complexity index is 653. The van der Waals surface area contributed by atoms with E-state index in [0.29, 0.717) is 5.13 Å². The third-order valence-electron chi connectivity index (χ3n) is 3.41. The molecule has 3 rings (SSSR count). The van der Waals surface area contributed by atoms with Crippen molar-refractivity contribution in [3.05, 3.63) is 45.4 Å². The summed E-state index contributed by atoms with van der Waals surface area (Å²) in [6, 6.07) is 7.97. The number of rotatable bonds is 3. The monoisotopic (exact) mass is 321 g/mol. The Balaban J connectivity index is 1.67. The lowest BCUT2D eigenvalue weighted by molar-refractivity contribution is -0.114. The highest BCUT2D eigenvalue weighted by atomic mass is 35.5. The smallest absolute Gasteiger partial charge is 0.223 e. The van der Waals surface area contributed by atoms with Gasteiger partial charge in [-0.05, 0) is 17.7 Å². The summed E-state index contributed by atoms with van der Waals surface area (Å²) < 4.78 is 0. The van der Waals surface area contributed by atoms with Gasteiger partial charge in [-0.15, -0.1) is 11.3 Å². The minimum absolute atomic E-state index is 0.0703. The fourth-order valence-electron chi connectivity index (χ4n) is 2.44. The Morgan fingerprint density at radius 1 is 1.43 bits per heavy atom. The standard InChI is InChI=1S/C15H16ClN3OS/c1-10(20)17-15-18-13-6-7-19(9-14(13)21-15)8-11-2-4-12(16)5-3-11/h2-5H,6-9H2,1H3,(H,17,18,20). The van der Waals surface area contributed by atoms with Gasteiger partial charge in [0.2, 0.25) is 5.91 Å². The number of amides is 1. The molecular weight excluding hydrogens is 306 g/mol. The molecule has 1 aromatic heterocycles. The Kier molecular flexibility index (Phi) is 4.24. The molecule has 1 aliphatic heterocycles. The number of hydrogen-bond donors (Lipinski definition) is 1. The maximum atomic E-state index is 11.1. The van der Waals surface area contributed by atoms with Gasteiger partial charge in [-0.25, -0.2) is 4.98 Å². The summed E-state index contributed by atoms with van der Waals surface area (Å²) in [7, 11) is 0. The summed E-state index contributed by atoms with van der Waals surface area (Å²) >= 11 is 7.49. The number of nitrogens with zero attached hydrogens (tertiary/aromatic N) is 2. The number of anilines is 1. The molecule has 21 heavy (non-hydrogen) atoms. The molecule has 0 saturated carbocycles. The molecule has 0 atom stereocenters. The molecule has 2 heterocycles. The van der Waals surface area contributed by atoms with Crippen molar-refractivity contribution >= 4 is 34.0 Å². The lowest BCUT2D eigenvalue weighted by Crippen LogP contribution is -2.29. The first-order chi connectivity index (χ1) is 10.1. The molecule has 0 radical (unpaired) electrons. The summed E-state index contributed by atoms with van der Waals surface area (Å²) in [5, 5.41) is 4.24. The second kappa shape index (κ2) is 6.13. The second-order valence-electron chi connectivity index (χ2n) is 5.16. The highest BCUT2D eigenvalue weighted by Crippen LogP contribution is 2.29. The van der Waals surface area contributed by atoms with Gasteiger partial charge in [0.1, 0.15) is 0 Å². The summed E-state index contributed by atoms with van der Waals surface area (Å²) in [5.41, 5.74) is 2.38. The van der Waals surface area contributed by atoms with E-state index in [1.54, 1.807) is 11.3 Å². The molecule has 1 N–H and O–H groups in total. The first-order valence-electron chi connectivity index (χ1n) is 6.83. The van der Waals surface area contributed by atoms with Gasteiger partial charge in [-0.3, -0.25) is 9.69 Å². The fourth-order valence-corrected chi connectivity index (χ4v) is 3.66. The molecule has 0 aliphatic carbocycles. The van der Waals surface area contributed by atoms with Crippen molar-refractivity contribution in [2.75, 3.05) is 11.9 Å². The molecule has 0 bridgehead atoms. The lowest BCUT2D eigenvalue weighted by atomic mass is 10.1. The van der Waals surface area contributed by atoms with Crippen LogP contribution in [0.5, 0.6) is 0 Å². The van der Waals surface area contributed by atoms with Crippen LogP contribution in [0.15, 0.2) is 24.3 Å². The van der Waals surface area contributed by atoms with Crippen LogP contribution in [0.25, 0.3) is 0 Å². The van der Waals surface area contributed by atoms with Crippen LogP contribution in [0.3, 0.4) is 0 Å². The first kappa shape index (κ1) is 14.5. The van der Waals surface area contributed by atoms with Crippen molar-refractivity contribution < 1.29 is 4.79 Å². The number of carbonyl (C=O) groups is 1. The molecule has 0 saturated heterocycles. The molecule has 1 amide bonds. The Hall–Kier alpha value is -1.43. The zero-order valence-corrected chi connectivity index (χ0v) is 13.3. The van der Waals surface area contributed by atoms with Gasteiger partial charge < -0.3 is 5.32 Å². The van der Waals surface area contributed by atoms with E-state index in [2.05, 4.69) is 27.3 Å². The van der Waals surface area contributed by atoms with E-state index in [4.69, 9.17) is 11.6 Å². The van der Waals surface area contributed by atoms with E-state index in [-0.39, 0.29) is 5.91 Å². The number of benzene rings is 1. The quantitative estimate of drug-likeness (QED) is 0.943. The van der Waals surface area contributed by atoms with Crippen LogP contribution in [0.4, 0.5) is 5.13 Å². The van der Waals surface area contributed by atoms with Crippen molar-refractivity contribution in [2.24, 2.45) is 0 Å². The molecular formula is C15H16ClN3OS. The Morgan fingerprint density at radius 2 is 2.19 bits per heavy atom. The third-order valence-corrected chi connectivity index (χ3v) is 4.66. The van der Waals surface area contributed by atoms with E-state index in [9.17, 15) is 4.79 Å². The molecule has 6 heteroatoms. The van der Waals surface area contributed by atoms with Crippen LogP contribution < -0.4 is 5.32 Å². The Labute approximate surface area is 132 Å². The number of aromatic nitrogens is 1. The molecule has 0 spiro atoms. The van der Waals surface area contributed by atoms with Gasteiger partial charge in [-0.2, -0.15) is 0 Å². The molecule has 0 unspecified atom stereocenters. The number of nitrogens with one attached hydrogen (secondary N) is 1. The van der Waals surface area contributed by atoms with Gasteiger partial charge in [0.25, 0.3) is 0 Å². The van der Waals surface area contributed by atoms with E-state index >= 15 is 0 Å². The minimum Gasteiger partial charge on any atom is -0.302 e. The Morgan fingerprint density at radius 3 is 2.90 bits per heavy atom. The van der Waals surface area contributed by atoms with E-state index < -0.39 is 0 Å². The summed E-state index contributed by atoms with van der Waals surface area (Å²) in [6.45, 7) is 4.28. The maximum Gasteiger partial charge on any atom is 0.223 e. The summed E-state index contributed by atoms with van der Waals surface area (Å²) in [4.78, 5) is 19.2. The maximum absolute atomic E-state index is 11.1.